The monoisotopic (exact) mass is 403 g/mol. The van der Waals surface area contributed by atoms with E-state index in [9.17, 15) is 4.79 Å². The zero-order chi connectivity index (χ0) is 17.3. The highest BCUT2D eigenvalue weighted by molar-refractivity contribution is 9.10. The smallest absolute Gasteiger partial charge is 0.267 e. The molecular formula is C18H18BrN3OS. The maximum Gasteiger partial charge on any atom is 0.282 e. The number of aryl methyl sites for hydroxylation is 1. The van der Waals surface area contributed by atoms with Crippen LogP contribution in [-0.4, -0.2) is 15.9 Å². The Morgan fingerprint density at radius 3 is 2.83 bits per heavy atom. The first-order chi connectivity index (χ1) is 11.5. The van der Waals surface area contributed by atoms with E-state index in [1.807, 2.05) is 31.2 Å². The van der Waals surface area contributed by atoms with E-state index >= 15 is 0 Å². The van der Waals surface area contributed by atoms with Gasteiger partial charge in [0.15, 0.2) is 0 Å². The van der Waals surface area contributed by atoms with Gasteiger partial charge in [-0.1, -0.05) is 29.8 Å². The van der Waals surface area contributed by atoms with Crippen molar-refractivity contribution in [2.24, 2.45) is 5.10 Å². The molecule has 1 aromatic carbocycles. The molecule has 0 fully saturated rings. The van der Waals surface area contributed by atoms with Gasteiger partial charge in [-0.25, -0.2) is 4.98 Å². The highest BCUT2D eigenvalue weighted by Crippen LogP contribution is 2.21. The van der Waals surface area contributed by atoms with E-state index in [1.54, 1.807) is 23.6 Å². The number of hydrogen-bond donors (Lipinski definition) is 0. The second-order valence-electron chi connectivity index (χ2n) is 5.75. The van der Waals surface area contributed by atoms with Crippen LogP contribution >= 0.6 is 27.3 Å². The lowest BCUT2D eigenvalue weighted by atomic mass is 10.1. The minimum atomic E-state index is -0.138. The number of fused-ring (bicyclic) bond motifs is 1. The second kappa shape index (κ2) is 6.99. The fourth-order valence-corrected chi connectivity index (χ4v) is 3.52. The molecule has 3 rings (SSSR count). The SMILES string of the molecule is CC[C@@H](C)c1nc2ccc(Br)cc2c(=O)n1N=Cc1ccc(C)s1. The van der Waals surface area contributed by atoms with Crippen LogP contribution in [0.2, 0.25) is 0 Å². The standard InChI is InChI=1S/C18H18BrN3OS/c1-4-11(2)17-21-16-8-6-13(19)9-15(16)18(23)22(17)20-10-14-7-5-12(3)24-14/h5-11H,4H2,1-3H3/t11-/m1/s1. The van der Waals surface area contributed by atoms with Gasteiger partial charge in [-0.15, -0.1) is 11.3 Å². The molecule has 0 amide bonds. The summed E-state index contributed by atoms with van der Waals surface area (Å²) in [5, 5.41) is 5.02. The van der Waals surface area contributed by atoms with Crippen LogP contribution in [0.3, 0.4) is 0 Å². The van der Waals surface area contributed by atoms with Gasteiger partial charge in [0, 0.05) is 20.1 Å². The fraction of sp³-hybridized carbons (Fsp3) is 0.278. The molecule has 0 radical (unpaired) electrons. The molecule has 3 aromatic rings. The first kappa shape index (κ1) is 17.0. The van der Waals surface area contributed by atoms with Crippen molar-refractivity contribution in [3.8, 4) is 0 Å². The molecule has 0 aliphatic rings. The van der Waals surface area contributed by atoms with Crippen molar-refractivity contribution in [2.75, 3.05) is 0 Å². The van der Waals surface area contributed by atoms with Crippen LogP contribution in [0.15, 0.2) is 44.7 Å². The summed E-state index contributed by atoms with van der Waals surface area (Å²) in [4.78, 5) is 19.9. The van der Waals surface area contributed by atoms with Gasteiger partial charge in [0.25, 0.3) is 5.56 Å². The molecule has 0 bridgehead atoms. The van der Waals surface area contributed by atoms with Gasteiger partial charge in [-0.05, 0) is 43.7 Å². The third-order valence-electron chi connectivity index (χ3n) is 3.95. The van der Waals surface area contributed by atoms with Crippen LogP contribution in [0.1, 0.15) is 41.8 Å². The second-order valence-corrected chi connectivity index (χ2v) is 7.99. The molecular weight excluding hydrogens is 386 g/mol. The lowest BCUT2D eigenvalue weighted by molar-refractivity contribution is 0.613. The number of halogens is 1. The van der Waals surface area contributed by atoms with E-state index in [0.717, 1.165) is 15.8 Å². The molecule has 0 unspecified atom stereocenters. The molecule has 124 valence electrons. The minimum Gasteiger partial charge on any atom is -0.267 e. The first-order valence-electron chi connectivity index (χ1n) is 7.82. The quantitative estimate of drug-likeness (QED) is 0.580. The Kier molecular flexibility index (Phi) is 4.96. The van der Waals surface area contributed by atoms with E-state index < -0.39 is 0 Å². The van der Waals surface area contributed by atoms with Crippen molar-refractivity contribution in [3.63, 3.8) is 0 Å². The first-order valence-corrected chi connectivity index (χ1v) is 9.43. The fourth-order valence-electron chi connectivity index (χ4n) is 2.42. The van der Waals surface area contributed by atoms with Crippen LogP contribution in [-0.2, 0) is 0 Å². The maximum absolute atomic E-state index is 12.9. The molecule has 0 spiro atoms. The zero-order valence-electron chi connectivity index (χ0n) is 13.8. The summed E-state index contributed by atoms with van der Waals surface area (Å²) in [7, 11) is 0. The van der Waals surface area contributed by atoms with Gasteiger partial charge in [-0.3, -0.25) is 4.79 Å². The number of rotatable bonds is 4. The Morgan fingerprint density at radius 1 is 1.38 bits per heavy atom. The normalized spacial score (nSPS) is 13.0. The summed E-state index contributed by atoms with van der Waals surface area (Å²) in [6, 6.07) is 9.61. The lowest BCUT2D eigenvalue weighted by Crippen LogP contribution is -2.23. The summed E-state index contributed by atoms with van der Waals surface area (Å²) < 4.78 is 2.30. The van der Waals surface area contributed by atoms with E-state index in [-0.39, 0.29) is 11.5 Å². The Morgan fingerprint density at radius 2 is 2.17 bits per heavy atom. The molecule has 2 aromatic heterocycles. The number of hydrogen-bond acceptors (Lipinski definition) is 4. The number of thiophene rings is 1. The van der Waals surface area contributed by atoms with E-state index in [2.05, 4.69) is 34.9 Å². The van der Waals surface area contributed by atoms with Crippen molar-refractivity contribution >= 4 is 44.4 Å². The molecule has 6 heteroatoms. The van der Waals surface area contributed by atoms with Gasteiger partial charge in [0.2, 0.25) is 0 Å². The van der Waals surface area contributed by atoms with E-state index in [1.165, 1.54) is 9.55 Å². The van der Waals surface area contributed by atoms with Crippen molar-refractivity contribution in [3.05, 3.63) is 60.7 Å². The van der Waals surface area contributed by atoms with Gasteiger partial charge >= 0.3 is 0 Å². The minimum absolute atomic E-state index is 0.138. The molecule has 4 nitrogen and oxygen atoms in total. The Hall–Kier alpha value is -1.79. The van der Waals surface area contributed by atoms with Gasteiger partial charge in [0.1, 0.15) is 5.82 Å². The highest BCUT2D eigenvalue weighted by Gasteiger charge is 2.15. The Labute approximate surface area is 153 Å². The van der Waals surface area contributed by atoms with E-state index in [0.29, 0.717) is 16.7 Å². The van der Waals surface area contributed by atoms with Crippen molar-refractivity contribution in [2.45, 2.75) is 33.1 Å². The lowest BCUT2D eigenvalue weighted by Gasteiger charge is -2.13. The highest BCUT2D eigenvalue weighted by atomic mass is 79.9. The molecule has 2 heterocycles. The molecule has 0 saturated carbocycles. The zero-order valence-corrected chi connectivity index (χ0v) is 16.2. The van der Waals surface area contributed by atoms with Crippen LogP contribution < -0.4 is 5.56 Å². The predicted molar refractivity (Wildman–Crippen MR) is 104 cm³/mol. The summed E-state index contributed by atoms with van der Waals surface area (Å²) in [6.45, 7) is 6.20. The average molecular weight is 404 g/mol. The van der Waals surface area contributed by atoms with E-state index in [4.69, 9.17) is 4.98 Å². The maximum atomic E-state index is 12.9. The van der Waals surface area contributed by atoms with Crippen LogP contribution in [0.4, 0.5) is 0 Å². The molecule has 0 saturated heterocycles. The van der Waals surface area contributed by atoms with Crippen LogP contribution in [0, 0.1) is 6.92 Å². The molecule has 0 aliphatic heterocycles. The molecule has 0 aliphatic carbocycles. The average Bonchev–Trinajstić information content (AvgIpc) is 2.99. The Balaban J connectivity index is 2.20. The number of aromatic nitrogens is 2. The largest absolute Gasteiger partial charge is 0.282 e. The van der Waals surface area contributed by atoms with Crippen LogP contribution in [0.25, 0.3) is 10.9 Å². The van der Waals surface area contributed by atoms with Crippen molar-refractivity contribution in [1.29, 1.82) is 0 Å². The van der Waals surface area contributed by atoms with Gasteiger partial charge in [-0.2, -0.15) is 9.78 Å². The summed E-state index contributed by atoms with van der Waals surface area (Å²) >= 11 is 5.06. The number of nitrogens with zero attached hydrogens (tertiary/aromatic N) is 3. The molecule has 1 atom stereocenters. The number of benzene rings is 1. The van der Waals surface area contributed by atoms with Gasteiger partial charge < -0.3 is 0 Å². The van der Waals surface area contributed by atoms with Gasteiger partial charge in [0.05, 0.1) is 17.1 Å². The molecule has 24 heavy (non-hydrogen) atoms. The third kappa shape index (κ3) is 3.35. The van der Waals surface area contributed by atoms with Crippen molar-refractivity contribution in [1.82, 2.24) is 9.66 Å². The Bertz CT molecular complexity index is 974. The predicted octanol–water partition coefficient (Wildman–Crippen LogP) is 4.92. The topological polar surface area (TPSA) is 47.2 Å². The summed E-state index contributed by atoms with van der Waals surface area (Å²) in [6.07, 6.45) is 2.62. The summed E-state index contributed by atoms with van der Waals surface area (Å²) in [5.41, 5.74) is 0.568. The van der Waals surface area contributed by atoms with Crippen molar-refractivity contribution < 1.29 is 0 Å². The third-order valence-corrected chi connectivity index (χ3v) is 5.38. The summed E-state index contributed by atoms with van der Waals surface area (Å²) in [5.74, 6) is 0.842. The van der Waals surface area contributed by atoms with Crippen LogP contribution in [0.5, 0.6) is 0 Å². The molecule has 0 N–H and O–H groups in total.